The average molecular weight is 349 g/mol. The first-order valence-corrected chi connectivity index (χ1v) is 8.15. The van der Waals surface area contributed by atoms with E-state index in [9.17, 15) is 14.7 Å². The van der Waals surface area contributed by atoms with Gasteiger partial charge in [-0.1, -0.05) is 54.1 Å². The highest BCUT2D eigenvalue weighted by molar-refractivity contribution is 6.29. The van der Waals surface area contributed by atoms with Gasteiger partial charge in [0.2, 0.25) is 5.91 Å². The van der Waals surface area contributed by atoms with Crippen molar-refractivity contribution in [1.82, 2.24) is 4.90 Å². The molecule has 24 heavy (non-hydrogen) atoms. The lowest BCUT2D eigenvalue weighted by Gasteiger charge is -2.35. The monoisotopic (exact) mass is 348 g/mol. The van der Waals surface area contributed by atoms with E-state index in [1.165, 1.54) is 11.8 Å². The van der Waals surface area contributed by atoms with Crippen LogP contribution in [-0.4, -0.2) is 40.0 Å². The molecule has 2 rings (SSSR count). The molecule has 6 heteroatoms. The molecule has 0 spiro atoms. The van der Waals surface area contributed by atoms with Gasteiger partial charge in [-0.15, -0.1) is 0 Å². The van der Waals surface area contributed by atoms with E-state index >= 15 is 0 Å². The minimum Gasteiger partial charge on any atom is -0.480 e. The maximum Gasteiger partial charge on any atom is 0.326 e. The van der Waals surface area contributed by atoms with Crippen LogP contribution in [-0.2, 0) is 16.0 Å². The van der Waals surface area contributed by atoms with Crippen LogP contribution >= 0.6 is 11.6 Å². The Hall–Kier alpha value is -2.11. The summed E-state index contributed by atoms with van der Waals surface area (Å²) in [5.41, 5.74) is 7.00. The van der Waals surface area contributed by atoms with Gasteiger partial charge in [-0.05, 0) is 25.0 Å². The maximum atomic E-state index is 12.8. The van der Waals surface area contributed by atoms with Gasteiger partial charge in [0, 0.05) is 11.5 Å². The molecule has 1 aliphatic carbocycles. The number of amides is 1. The van der Waals surface area contributed by atoms with Crippen LogP contribution in [0.3, 0.4) is 0 Å². The van der Waals surface area contributed by atoms with Crippen LogP contribution in [0.4, 0.5) is 0 Å². The Labute approximate surface area is 146 Å². The molecule has 0 radical (unpaired) electrons. The minimum absolute atomic E-state index is 0.350. The number of halogens is 1. The molecule has 0 aromatic heterocycles. The van der Waals surface area contributed by atoms with Gasteiger partial charge < -0.3 is 15.7 Å². The number of carbonyl (C=O) groups is 2. The van der Waals surface area contributed by atoms with Crippen LogP contribution in [0, 0.1) is 0 Å². The largest absolute Gasteiger partial charge is 0.480 e. The molecule has 1 amide bonds. The molecule has 0 heterocycles. The third-order valence-electron chi connectivity index (χ3n) is 4.02. The average Bonchev–Trinajstić information content (AvgIpc) is 2.55. The molecule has 1 unspecified atom stereocenters. The number of aliphatic carboxylic acids is 1. The maximum absolute atomic E-state index is 12.8. The summed E-state index contributed by atoms with van der Waals surface area (Å²) in [6.45, 7) is 1.48. The van der Waals surface area contributed by atoms with Gasteiger partial charge in [0.1, 0.15) is 6.04 Å². The standard InChI is InChI=1S/C18H21ClN2O3/c1-12(18(23)24)21(15-9-5-8-14(19)11-15)17(22)16(20)10-13-6-3-2-4-7-13/h2-9,12,15-16H,10-11,20H2,1H3,(H,23,24)/t12-,15?,16-/m0/s1. The molecule has 3 N–H and O–H groups in total. The molecule has 1 aliphatic rings. The van der Waals surface area contributed by atoms with E-state index in [2.05, 4.69) is 0 Å². The van der Waals surface area contributed by atoms with Crippen molar-refractivity contribution in [2.75, 3.05) is 0 Å². The summed E-state index contributed by atoms with van der Waals surface area (Å²) >= 11 is 6.05. The summed E-state index contributed by atoms with van der Waals surface area (Å²) in [5.74, 6) is -1.47. The van der Waals surface area contributed by atoms with Crippen LogP contribution in [0.1, 0.15) is 18.9 Å². The molecular formula is C18H21ClN2O3. The number of hydrogen-bond donors (Lipinski definition) is 2. The smallest absolute Gasteiger partial charge is 0.326 e. The molecule has 0 saturated heterocycles. The predicted molar refractivity (Wildman–Crippen MR) is 93.5 cm³/mol. The number of carbonyl (C=O) groups excluding carboxylic acids is 1. The Balaban J connectivity index is 2.19. The van der Waals surface area contributed by atoms with Gasteiger partial charge in [0.05, 0.1) is 12.1 Å². The van der Waals surface area contributed by atoms with Gasteiger partial charge >= 0.3 is 5.97 Å². The molecule has 128 valence electrons. The second-order valence-corrected chi connectivity index (χ2v) is 6.31. The zero-order chi connectivity index (χ0) is 17.7. The third-order valence-corrected chi connectivity index (χ3v) is 4.30. The van der Waals surface area contributed by atoms with Crippen molar-refractivity contribution < 1.29 is 14.7 Å². The zero-order valence-corrected chi connectivity index (χ0v) is 14.2. The second-order valence-electron chi connectivity index (χ2n) is 5.83. The Kier molecular flexibility index (Phi) is 6.17. The number of carboxylic acid groups (broad SMARTS) is 1. The fourth-order valence-corrected chi connectivity index (χ4v) is 2.95. The molecule has 0 bridgehead atoms. The number of carboxylic acids is 1. The van der Waals surface area contributed by atoms with Gasteiger partial charge in [0.25, 0.3) is 0 Å². The SMILES string of the molecule is C[C@@H](C(=O)O)N(C(=O)[C@@H](N)Cc1ccccc1)C1C=CC=C(Cl)C1. The highest BCUT2D eigenvalue weighted by Gasteiger charge is 2.34. The lowest BCUT2D eigenvalue weighted by Crippen LogP contribution is -2.55. The van der Waals surface area contributed by atoms with Crippen LogP contribution in [0.25, 0.3) is 0 Å². The first-order chi connectivity index (χ1) is 11.4. The van der Waals surface area contributed by atoms with Gasteiger partial charge in [-0.3, -0.25) is 4.79 Å². The van der Waals surface area contributed by atoms with E-state index in [4.69, 9.17) is 17.3 Å². The highest BCUT2D eigenvalue weighted by Crippen LogP contribution is 2.23. The third kappa shape index (κ3) is 4.46. The zero-order valence-electron chi connectivity index (χ0n) is 13.4. The predicted octanol–water partition coefficient (Wildman–Crippen LogP) is 2.31. The summed E-state index contributed by atoms with van der Waals surface area (Å²) in [6, 6.07) is 7.19. The Morgan fingerprint density at radius 2 is 2.04 bits per heavy atom. The fraction of sp³-hybridized carbons (Fsp3) is 0.333. The van der Waals surface area contributed by atoms with Crippen molar-refractivity contribution in [3.05, 3.63) is 59.2 Å². The van der Waals surface area contributed by atoms with E-state index in [0.29, 0.717) is 17.9 Å². The van der Waals surface area contributed by atoms with E-state index in [1.54, 1.807) is 18.2 Å². The van der Waals surface area contributed by atoms with Crippen LogP contribution in [0.2, 0.25) is 0 Å². The number of allylic oxidation sites excluding steroid dienone is 2. The molecule has 1 aromatic carbocycles. The van der Waals surface area contributed by atoms with Crippen molar-refractivity contribution in [3.63, 3.8) is 0 Å². The molecule has 0 saturated carbocycles. The van der Waals surface area contributed by atoms with Crippen molar-refractivity contribution in [3.8, 4) is 0 Å². The number of rotatable bonds is 6. The van der Waals surface area contributed by atoms with E-state index in [0.717, 1.165) is 5.56 Å². The first-order valence-electron chi connectivity index (χ1n) is 7.77. The summed E-state index contributed by atoms with van der Waals surface area (Å²) in [7, 11) is 0. The normalized spacial score (nSPS) is 19.3. The number of nitrogens with zero attached hydrogens (tertiary/aromatic N) is 1. The van der Waals surface area contributed by atoms with Crippen molar-refractivity contribution >= 4 is 23.5 Å². The summed E-state index contributed by atoms with van der Waals surface area (Å²) in [4.78, 5) is 25.6. The van der Waals surface area contributed by atoms with Crippen molar-refractivity contribution in [2.45, 2.75) is 37.9 Å². The lowest BCUT2D eigenvalue weighted by atomic mass is 10.0. The first kappa shape index (κ1) is 18.2. The van der Waals surface area contributed by atoms with Gasteiger partial charge in [-0.25, -0.2) is 4.79 Å². The number of hydrogen-bond acceptors (Lipinski definition) is 3. The second kappa shape index (κ2) is 8.13. The lowest BCUT2D eigenvalue weighted by molar-refractivity contribution is -0.151. The topological polar surface area (TPSA) is 83.6 Å². The fourth-order valence-electron chi connectivity index (χ4n) is 2.72. The van der Waals surface area contributed by atoms with Crippen LogP contribution < -0.4 is 5.73 Å². The van der Waals surface area contributed by atoms with Gasteiger partial charge in [0.15, 0.2) is 0 Å². The van der Waals surface area contributed by atoms with Crippen LogP contribution in [0.15, 0.2) is 53.6 Å². The number of nitrogens with two attached hydrogens (primary N) is 1. The summed E-state index contributed by atoms with van der Waals surface area (Å²) < 4.78 is 0. The van der Waals surface area contributed by atoms with Gasteiger partial charge in [-0.2, -0.15) is 0 Å². The quantitative estimate of drug-likeness (QED) is 0.826. The minimum atomic E-state index is -1.07. The van der Waals surface area contributed by atoms with Crippen molar-refractivity contribution in [1.29, 1.82) is 0 Å². The number of benzene rings is 1. The molecule has 5 nitrogen and oxygen atoms in total. The molecular weight excluding hydrogens is 328 g/mol. The Morgan fingerprint density at radius 3 is 2.62 bits per heavy atom. The molecule has 0 aliphatic heterocycles. The molecule has 0 fully saturated rings. The highest BCUT2D eigenvalue weighted by atomic mass is 35.5. The molecule has 1 aromatic rings. The van der Waals surface area contributed by atoms with E-state index in [1.807, 2.05) is 30.3 Å². The van der Waals surface area contributed by atoms with Crippen LogP contribution in [0.5, 0.6) is 0 Å². The van der Waals surface area contributed by atoms with E-state index in [-0.39, 0.29) is 0 Å². The Bertz CT molecular complexity index is 657. The Morgan fingerprint density at radius 1 is 1.38 bits per heavy atom. The summed E-state index contributed by atoms with van der Waals surface area (Å²) in [5, 5.41) is 9.94. The summed E-state index contributed by atoms with van der Waals surface area (Å²) in [6.07, 6.45) is 5.98. The molecule has 3 atom stereocenters. The van der Waals surface area contributed by atoms with Crippen molar-refractivity contribution in [2.24, 2.45) is 5.73 Å². The van der Waals surface area contributed by atoms with E-state index < -0.39 is 30.0 Å².